The van der Waals surface area contributed by atoms with Crippen molar-refractivity contribution < 1.29 is 19.0 Å². The van der Waals surface area contributed by atoms with Gasteiger partial charge >= 0.3 is 0 Å². The maximum Gasteiger partial charge on any atom is 0.244 e. The Bertz CT molecular complexity index is 536. The van der Waals surface area contributed by atoms with E-state index < -0.39 is 0 Å². The van der Waals surface area contributed by atoms with E-state index in [4.69, 9.17) is 14.2 Å². The van der Waals surface area contributed by atoms with E-state index in [1.165, 1.54) is 6.08 Å². The van der Waals surface area contributed by atoms with Crippen molar-refractivity contribution in [3.8, 4) is 11.5 Å². The lowest BCUT2D eigenvalue weighted by Crippen LogP contribution is -2.30. The molecule has 1 amide bonds. The zero-order chi connectivity index (χ0) is 16.5. The van der Waals surface area contributed by atoms with Crippen molar-refractivity contribution in [2.75, 3.05) is 26.4 Å². The van der Waals surface area contributed by atoms with Crippen molar-refractivity contribution in [1.29, 1.82) is 0 Å². The van der Waals surface area contributed by atoms with E-state index in [1.54, 1.807) is 6.08 Å². The highest BCUT2D eigenvalue weighted by atomic mass is 16.5. The minimum atomic E-state index is -0.118. The molecule has 5 heteroatoms. The molecule has 126 valence electrons. The summed E-state index contributed by atoms with van der Waals surface area (Å²) in [4.78, 5) is 11.8. The number of nitrogens with one attached hydrogen (secondary N) is 1. The summed E-state index contributed by atoms with van der Waals surface area (Å²) >= 11 is 0. The SMILES string of the molecule is CCOc1ccc(/C=C/C(=O)NCC2CCCO2)cc1OCC. The lowest BCUT2D eigenvalue weighted by molar-refractivity contribution is -0.116. The van der Waals surface area contributed by atoms with Crippen LogP contribution in [0.5, 0.6) is 11.5 Å². The molecule has 1 heterocycles. The van der Waals surface area contributed by atoms with Gasteiger partial charge in [-0.15, -0.1) is 0 Å². The van der Waals surface area contributed by atoms with E-state index in [0.717, 1.165) is 25.0 Å². The van der Waals surface area contributed by atoms with Crippen molar-refractivity contribution >= 4 is 12.0 Å². The molecule has 1 aromatic rings. The number of carbonyl (C=O) groups excluding carboxylic acids is 1. The molecule has 1 unspecified atom stereocenters. The van der Waals surface area contributed by atoms with Gasteiger partial charge in [0, 0.05) is 19.2 Å². The number of ether oxygens (including phenoxy) is 3. The average Bonchev–Trinajstić information content (AvgIpc) is 3.07. The number of rotatable bonds is 8. The molecule has 1 atom stereocenters. The summed E-state index contributed by atoms with van der Waals surface area (Å²) in [7, 11) is 0. The largest absolute Gasteiger partial charge is 0.490 e. The Kier molecular flexibility index (Phi) is 6.94. The molecule has 0 aromatic heterocycles. The Morgan fingerprint density at radius 2 is 2.09 bits per heavy atom. The van der Waals surface area contributed by atoms with Gasteiger partial charge in [-0.1, -0.05) is 6.07 Å². The maximum atomic E-state index is 11.8. The molecule has 0 bridgehead atoms. The molecule has 5 nitrogen and oxygen atoms in total. The molecule has 0 spiro atoms. The van der Waals surface area contributed by atoms with Crippen molar-refractivity contribution in [3.63, 3.8) is 0 Å². The Hall–Kier alpha value is -2.01. The Labute approximate surface area is 137 Å². The van der Waals surface area contributed by atoms with Gasteiger partial charge in [0.25, 0.3) is 0 Å². The predicted octanol–water partition coefficient (Wildman–Crippen LogP) is 2.79. The number of hydrogen-bond acceptors (Lipinski definition) is 4. The summed E-state index contributed by atoms with van der Waals surface area (Å²) in [5.74, 6) is 1.29. The van der Waals surface area contributed by atoms with Crippen LogP contribution in [0.2, 0.25) is 0 Å². The average molecular weight is 319 g/mol. The molecule has 2 rings (SSSR count). The van der Waals surface area contributed by atoms with Gasteiger partial charge in [-0.25, -0.2) is 0 Å². The molecule has 1 N–H and O–H groups in total. The van der Waals surface area contributed by atoms with Crippen LogP contribution in [0.1, 0.15) is 32.3 Å². The van der Waals surface area contributed by atoms with Gasteiger partial charge in [0.05, 0.1) is 19.3 Å². The van der Waals surface area contributed by atoms with Crippen molar-refractivity contribution in [2.24, 2.45) is 0 Å². The highest BCUT2D eigenvalue weighted by molar-refractivity contribution is 5.91. The highest BCUT2D eigenvalue weighted by Crippen LogP contribution is 2.28. The quantitative estimate of drug-likeness (QED) is 0.749. The molecular formula is C18H25NO4. The van der Waals surface area contributed by atoms with Gasteiger partial charge in [0.1, 0.15) is 0 Å². The molecule has 1 aromatic carbocycles. The number of hydrogen-bond donors (Lipinski definition) is 1. The van der Waals surface area contributed by atoms with Crippen molar-refractivity contribution in [3.05, 3.63) is 29.8 Å². The second-order valence-electron chi connectivity index (χ2n) is 5.29. The predicted molar refractivity (Wildman–Crippen MR) is 89.8 cm³/mol. The second kappa shape index (κ2) is 9.20. The minimum absolute atomic E-state index is 0.118. The van der Waals surface area contributed by atoms with Crippen LogP contribution in [0, 0.1) is 0 Å². The van der Waals surface area contributed by atoms with Crippen LogP contribution in [-0.2, 0) is 9.53 Å². The van der Waals surface area contributed by atoms with Crippen LogP contribution in [0.25, 0.3) is 6.08 Å². The van der Waals surface area contributed by atoms with E-state index in [0.29, 0.717) is 31.3 Å². The molecule has 0 saturated carbocycles. The number of amides is 1. The zero-order valence-electron chi connectivity index (χ0n) is 13.8. The summed E-state index contributed by atoms with van der Waals surface area (Å²) in [5.41, 5.74) is 0.893. The van der Waals surface area contributed by atoms with Gasteiger partial charge in [0.2, 0.25) is 5.91 Å². The number of benzene rings is 1. The minimum Gasteiger partial charge on any atom is -0.490 e. The lowest BCUT2D eigenvalue weighted by Gasteiger charge is -2.11. The van der Waals surface area contributed by atoms with Gasteiger partial charge in [0.15, 0.2) is 11.5 Å². The normalized spacial score (nSPS) is 17.4. The van der Waals surface area contributed by atoms with Crippen molar-refractivity contribution in [2.45, 2.75) is 32.8 Å². The molecule has 0 radical (unpaired) electrons. The number of carbonyl (C=O) groups is 1. The van der Waals surface area contributed by atoms with Gasteiger partial charge in [-0.2, -0.15) is 0 Å². The van der Waals surface area contributed by atoms with Crippen LogP contribution in [0.15, 0.2) is 24.3 Å². The van der Waals surface area contributed by atoms with Gasteiger partial charge < -0.3 is 19.5 Å². The van der Waals surface area contributed by atoms with Crippen LogP contribution < -0.4 is 14.8 Å². The van der Waals surface area contributed by atoms with Crippen LogP contribution in [0.4, 0.5) is 0 Å². The third kappa shape index (κ3) is 5.60. The van der Waals surface area contributed by atoms with Crippen molar-refractivity contribution in [1.82, 2.24) is 5.32 Å². The molecular weight excluding hydrogens is 294 g/mol. The van der Waals surface area contributed by atoms with E-state index in [1.807, 2.05) is 32.0 Å². The maximum absolute atomic E-state index is 11.8. The summed E-state index contributed by atoms with van der Waals surface area (Å²) in [6, 6.07) is 5.63. The van der Waals surface area contributed by atoms with E-state index in [-0.39, 0.29) is 12.0 Å². The van der Waals surface area contributed by atoms with Gasteiger partial charge in [-0.3, -0.25) is 4.79 Å². The molecule has 0 aliphatic carbocycles. The molecule has 1 fully saturated rings. The van der Waals surface area contributed by atoms with E-state index in [9.17, 15) is 4.79 Å². The third-order valence-electron chi connectivity index (χ3n) is 3.52. The Balaban J connectivity index is 1.92. The highest BCUT2D eigenvalue weighted by Gasteiger charge is 2.15. The van der Waals surface area contributed by atoms with Crippen LogP contribution in [0.3, 0.4) is 0 Å². The first-order valence-electron chi connectivity index (χ1n) is 8.20. The second-order valence-corrected chi connectivity index (χ2v) is 5.29. The summed E-state index contributed by atoms with van der Waals surface area (Å²) in [6.07, 6.45) is 5.54. The first-order valence-corrected chi connectivity index (χ1v) is 8.20. The van der Waals surface area contributed by atoms with E-state index in [2.05, 4.69) is 5.32 Å². The van der Waals surface area contributed by atoms with Crippen LogP contribution >= 0.6 is 0 Å². The lowest BCUT2D eigenvalue weighted by atomic mass is 10.2. The molecule has 23 heavy (non-hydrogen) atoms. The first-order chi connectivity index (χ1) is 11.2. The summed E-state index contributed by atoms with van der Waals surface area (Å²) < 4.78 is 16.6. The standard InChI is InChI=1S/C18H25NO4/c1-3-21-16-9-7-14(12-17(16)22-4-2)8-10-18(20)19-13-15-6-5-11-23-15/h7-10,12,15H,3-6,11,13H2,1-2H3,(H,19,20)/b10-8+. The fourth-order valence-electron chi connectivity index (χ4n) is 2.42. The molecule has 1 aliphatic rings. The Morgan fingerprint density at radius 1 is 1.30 bits per heavy atom. The Morgan fingerprint density at radius 3 is 2.78 bits per heavy atom. The molecule has 1 saturated heterocycles. The monoisotopic (exact) mass is 319 g/mol. The van der Waals surface area contributed by atoms with Gasteiger partial charge in [-0.05, 0) is 50.5 Å². The fraction of sp³-hybridized carbons (Fsp3) is 0.500. The van der Waals surface area contributed by atoms with Crippen LogP contribution in [-0.4, -0.2) is 38.4 Å². The topological polar surface area (TPSA) is 56.8 Å². The zero-order valence-corrected chi connectivity index (χ0v) is 13.8. The fourth-order valence-corrected chi connectivity index (χ4v) is 2.42. The summed E-state index contributed by atoms with van der Waals surface area (Å²) in [5, 5.41) is 2.86. The van der Waals surface area contributed by atoms with E-state index >= 15 is 0 Å². The first kappa shape index (κ1) is 17.3. The smallest absolute Gasteiger partial charge is 0.244 e. The molecule has 1 aliphatic heterocycles. The third-order valence-corrected chi connectivity index (χ3v) is 3.52. The summed E-state index contributed by atoms with van der Waals surface area (Å²) in [6.45, 7) is 6.37.